The van der Waals surface area contributed by atoms with Gasteiger partial charge in [0.1, 0.15) is 6.04 Å². The Morgan fingerprint density at radius 1 is 0.558 bits per heavy atom. The van der Waals surface area contributed by atoms with Crippen LogP contribution in [-0.2, 0) is 17.1 Å². The smallest absolute Gasteiger partial charge is 0.416 e. The summed E-state index contributed by atoms with van der Waals surface area (Å²) in [7, 11) is 0. The average molecular weight is 601 g/mol. The number of benzene rings is 4. The molecule has 222 valence electrons. The lowest BCUT2D eigenvalue weighted by Gasteiger charge is -2.16. The van der Waals surface area contributed by atoms with Crippen molar-refractivity contribution >= 4 is 17.8 Å². The highest BCUT2D eigenvalue weighted by Crippen LogP contribution is 2.32. The fourth-order valence-electron chi connectivity index (χ4n) is 4.07. The Bertz CT molecular complexity index is 1600. The van der Waals surface area contributed by atoms with Crippen LogP contribution in [-0.4, -0.2) is 35.5 Å². The number of alkyl halides is 6. The summed E-state index contributed by atoms with van der Waals surface area (Å²) < 4.78 is 76.7. The number of nitrogens with one attached hydrogen (secondary N) is 2. The van der Waals surface area contributed by atoms with Crippen molar-refractivity contribution in [3.63, 3.8) is 0 Å². The van der Waals surface area contributed by atoms with E-state index in [0.29, 0.717) is 22.3 Å². The third kappa shape index (κ3) is 7.79. The number of halogens is 6. The van der Waals surface area contributed by atoms with Gasteiger partial charge in [-0.25, -0.2) is 4.79 Å². The summed E-state index contributed by atoms with van der Waals surface area (Å²) in [5.74, 6) is -2.80. The molecule has 0 saturated heterocycles. The first kappa shape index (κ1) is 30.8. The third-order valence-corrected chi connectivity index (χ3v) is 6.46. The van der Waals surface area contributed by atoms with Gasteiger partial charge in [0.2, 0.25) is 0 Å². The molecule has 6 nitrogen and oxygen atoms in total. The maximum atomic E-state index is 12.8. The van der Waals surface area contributed by atoms with Gasteiger partial charge in [0.05, 0.1) is 11.1 Å². The second kappa shape index (κ2) is 12.4. The highest BCUT2D eigenvalue weighted by molar-refractivity contribution is 5.98. The summed E-state index contributed by atoms with van der Waals surface area (Å²) in [6.45, 7) is -0.454. The Morgan fingerprint density at radius 2 is 0.884 bits per heavy atom. The number of rotatable bonds is 8. The normalized spacial score (nSPS) is 12.3. The standard InChI is InChI=1S/C31H22F6N2O4/c32-30(33,34)24-13-9-20(10-14-24)18-1-5-22(6-2-18)27(40)38-17-26(29(42)43)39-28(41)23-7-3-19(4-8-23)21-11-15-25(16-12-21)31(35,36)37/h1-16,26H,17H2,(H,38,40)(H,39,41)(H,42,43)/t26-/m0/s1. The molecule has 4 aromatic carbocycles. The zero-order valence-electron chi connectivity index (χ0n) is 22.0. The summed E-state index contributed by atoms with van der Waals surface area (Å²) in [4.78, 5) is 36.9. The summed E-state index contributed by atoms with van der Waals surface area (Å²) in [5.41, 5.74) is 0.746. The lowest BCUT2D eigenvalue weighted by Crippen LogP contribution is -2.48. The Kier molecular flexibility index (Phi) is 8.88. The highest BCUT2D eigenvalue weighted by atomic mass is 19.4. The number of amides is 2. The van der Waals surface area contributed by atoms with E-state index in [4.69, 9.17) is 0 Å². The lowest BCUT2D eigenvalue weighted by molar-refractivity contribution is -0.139. The van der Waals surface area contributed by atoms with Crippen molar-refractivity contribution in [3.8, 4) is 22.3 Å². The first-order valence-corrected chi connectivity index (χ1v) is 12.6. The van der Waals surface area contributed by atoms with Crippen LogP contribution in [0.25, 0.3) is 22.3 Å². The molecular formula is C31H22F6N2O4. The highest BCUT2D eigenvalue weighted by Gasteiger charge is 2.31. The minimum absolute atomic E-state index is 0.0899. The molecule has 0 fully saturated rings. The molecule has 0 aliphatic heterocycles. The molecule has 4 rings (SSSR count). The summed E-state index contributed by atoms with van der Waals surface area (Å²) in [6, 6.07) is 19.2. The molecule has 0 spiro atoms. The third-order valence-electron chi connectivity index (χ3n) is 6.46. The van der Waals surface area contributed by atoms with Crippen LogP contribution in [0.15, 0.2) is 97.1 Å². The SMILES string of the molecule is O=C(NC[C@H](NC(=O)c1ccc(-c2ccc(C(F)(F)F)cc2)cc1)C(=O)O)c1ccc(-c2ccc(C(F)(F)F)cc2)cc1. The molecule has 2 amide bonds. The predicted octanol–water partition coefficient (Wildman–Crippen LogP) is 6.67. The van der Waals surface area contributed by atoms with E-state index >= 15 is 0 Å². The van der Waals surface area contributed by atoms with Gasteiger partial charge < -0.3 is 15.7 Å². The maximum Gasteiger partial charge on any atom is 0.416 e. The number of carbonyl (C=O) groups excluding carboxylic acids is 2. The van der Waals surface area contributed by atoms with E-state index in [2.05, 4.69) is 10.6 Å². The molecule has 0 aliphatic carbocycles. The Morgan fingerprint density at radius 3 is 1.21 bits per heavy atom. The quantitative estimate of drug-likeness (QED) is 0.197. The van der Waals surface area contributed by atoms with E-state index < -0.39 is 53.8 Å². The molecule has 0 aromatic heterocycles. The molecule has 0 heterocycles. The monoisotopic (exact) mass is 600 g/mol. The largest absolute Gasteiger partial charge is 0.480 e. The molecular weight excluding hydrogens is 578 g/mol. The van der Waals surface area contributed by atoms with Crippen molar-refractivity contribution in [2.24, 2.45) is 0 Å². The van der Waals surface area contributed by atoms with E-state index in [1.165, 1.54) is 72.8 Å². The van der Waals surface area contributed by atoms with Gasteiger partial charge in [0.25, 0.3) is 11.8 Å². The van der Waals surface area contributed by atoms with Crippen LogP contribution in [0, 0.1) is 0 Å². The van der Waals surface area contributed by atoms with Crippen molar-refractivity contribution < 1.29 is 45.8 Å². The maximum absolute atomic E-state index is 12.8. The second-order valence-electron chi connectivity index (χ2n) is 9.38. The van der Waals surface area contributed by atoms with Crippen LogP contribution in [0.3, 0.4) is 0 Å². The molecule has 12 heteroatoms. The first-order chi connectivity index (χ1) is 20.2. The Labute approximate surface area is 241 Å². The summed E-state index contributed by atoms with van der Waals surface area (Å²) in [5, 5.41) is 14.3. The van der Waals surface area contributed by atoms with Crippen molar-refractivity contribution in [1.82, 2.24) is 10.6 Å². The Hall–Kier alpha value is -5.13. The van der Waals surface area contributed by atoms with Crippen LogP contribution >= 0.6 is 0 Å². The minimum atomic E-state index is -4.47. The zero-order chi connectivity index (χ0) is 31.4. The topological polar surface area (TPSA) is 95.5 Å². The van der Waals surface area contributed by atoms with Gasteiger partial charge in [-0.3, -0.25) is 9.59 Å². The zero-order valence-corrected chi connectivity index (χ0v) is 22.0. The van der Waals surface area contributed by atoms with E-state index in [-0.39, 0.29) is 11.1 Å². The van der Waals surface area contributed by atoms with Crippen LogP contribution in [0.4, 0.5) is 26.3 Å². The first-order valence-electron chi connectivity index (χ1n) is 12.6. The van der Waals surface area contributed by atoms with Gasteiger partial charge in [-0.1, -0.05) is 48.5 Å². The van der Waals surface area contributed by atoms with Crippen molar-refractivity contribution in [2.45, 2.75) is 18.4 Å². The molecule has 3 N–H and O–H groups in total. The van der Waals surface area contributed by atoms with E-state index in [9.17, 15) is 45.8 Å². The van der Waals surface area contributed by atoms with Gasteiger partial charge in [0.15, 0.2) is 0 Å². The van der Waals surface area contributed by atoms with Crippen molar-refractivity contribution in [3.05, 3.63) is 119 Å². The number of carboxylic acid groups (broad SMARTS) is 1. The van der Waals surface area contributed by atoms with E-state index in [0.717, 1.165) is 24.3 Å². The second-order valence-corrected chi connectivity index (χ2v) is 9.38. The van der Waals surface area contributed by atoms with Gasteiger partial charge >= 0.3 is 18.3 Å². The summed E-state index contributed by atoms with van der Waals surface area (Å²) in [6.07, 6.45) is -8.93. The molecule has 0 bridgehead atoms. The van der Waals surface area contributed by atoms with Gasteiger partial charge in [-0.05, 0) is 70.8 Å². The van der Waals surface area contributed by atoms with E-state index in [1.54, 1.807) is 0 Å². The fourth-order valence-corrected chi connectivity index (χ4v) is 4.07. The summed E-state index contributed by atoms with van der Waals surface area (Å²) >= 11 is 0. The van der Waals surface area contributed by atoms with Crippen LogP contribution < -0.4 is 10.6 Å². The van der Waals surface area contributed by atoms with Gasteiger partial charge in [-0.2, -0.15) is 26.3 Å². The number of hydrogen-bond donors (Lipinski definition) is 3. The Balaban J connectivity index is 1.34. The molecule has 0 aliphatic rings. The molecule has 0 saturated carbocycles. The average Bonchev–Trinajstić information content (AvgIpc) is 2.98. The molecule has 0 radical (unpaired) electrons. The number of carbonyl (C=O) groups is 3. The van der Waals surface area contributed by atoms with Crippen LogP contribution in [0.2, 0.25) is 0 Å². The number of carboxylic acids is 1. The molecule has 0 unspecified atom stereocenters. The predicted molar refractivity (Wildman–Crippen MR) is 145 cm³/mol. The number of hydrogen-bond acceptors (Lipinski definition) is 3. The number of aliphatic carboxylic acids is 1. The van der Waals surface area contributed by atoms with Crippen molar-refractivity contribution in [1.29, 1.82) is 0 Å². The molecule has 1 atom stereocenters. The van der Waals surface area contributed by atoms with Gasteiger partial charge in [-0.15, -0.1) is 0 Å². The fraction of sp³-hybridized carbons (Fsp3) is 0.129. The van der Waals surface area contributed by atoms with Crippen LogP contribution in [0.5, 0.6) is 0 Å². The van der Waals surface area contributed by atoms with Crippen molar-refractivity contribution in [2.75, 3.05) is 6.54 Å². The van der Waals surface area contributed by atoms with Gasteiger partial charge in [0, 0.05) is 17.7 Å². The lowest BCUT2D eigenvalue weighted by atomic mass is 10.0. The molecule has 43 heavy (non-hydrogen) atoms. The molecule has 4 aromatic rings. The van der Waals surface area contributed by atoms with Crippen LogP contribution in [0.1, 0.15) is 31.8 Å². The minimum Gasteiger partial charge on any atom is -0.480 e. The van der Waals surface area contributed by atoms with E-state index in [1.807, 2.05) is 0 Å².